The van der Waals surface area contributed by atoms with E-state index in [2.05, 4.69) is 55.2 Å². The Labute approximate surface area is 198 Å². The summed E-state index contributed by atoms with van der Waals surface area (Å²) in [5, 5.41) is 9.61. The van der Waals surface area contributed by atoms with Crippen molar-refractivity contribution in [1.29, 1.82) is 0 Å². The van der Waals surface area contributed by atoms with Crippen molar-refractivity contribution in [3.8, 4) is 22.8 Å². The average molecular weight is 458 g/mol. The molecule has 0 fully saturated rings. The number of rotatable bonds is 7. The first-order chi connectivity index (χ1) is 15.9. The van der Waals surface area contributed by atoms with Crippen molar-refractivity contribution in [2.45, 2.75) is 31.3 Å². The minimum absolute atomic E-state index is 0.0290. The Balaban J connectivity index is 1.63. The van der Waals surface area contributed by atoms with E-state index in [9.17, 15) is 4.79 Å². The maximum atomic E-state index is 12.8. The molecule has 0 amide bonds. The summed E-state index contributed by atoms with van der Waals surface area (Å²) < 4.78 is 7.19. The van der Waals surface area contributed by atoms with Gasteiger partial charge in [-0.05, 0) is 47.4 Å². The number of methoxy groups -OCH3 is 1. The molecule has 0 bridgehead atoms. The highest BCUT2D eigenvalue weighted by Crippen LogP contribution is 2.30. The Hall–Kier alpha value is -3.38. The van der Waals surface area contributed by atoms with E-state index < -0.39 is 0 Å². The molecule has 0 aliphatic rings. The first-order valence-electron chi connectivity index (χ1n) is 10.8. The molecule has 5 nitrogen and oxygen atoms in total. The first kappa shape index (κ1) is 22.8. The van der Waals surface area contributed by atoms with Crippen molar-refractivity contribution in [2.24, 2.45) is 0 Å². The fourth-order valence-corrected chi connectivity index (χ4v) is 4.32. The van der Waals surface area contributed by atoms with Crippen LogP contribution in [0.3, 0.4) is 0 Å². The van der Waals surface area contributed by atoms with Gasteiger partial charge < -0.3 is 4.74 Å². The van der Waals surface area contributed by atoms with Gasteiger partial charge in [-0.1, -0.05) is 75.0 Å². The lowest BCUT2D eigenvalue weighted by Crippen LogP contribution is -2.10. The number of nitrogens with zero attached hydrogens (tertiary/aromatic N) is 3. The quantitative estimate of drug-likeness (QED) is 0.244. The average Bonchev–Trinajstić information content (AvgIpc) is 3.26. The molecule has 0 atom stereocenters. The SMILES string of the molecule is COc1ccc(C(=O)CSc2nnc(-c3ccc(C(C)(C)C)cc3)n2-c2ccccc2)cc1. The number of thioether (sulfide) groups is 1. The van der Waals surface area contributed by atoms with E-state index in [4.69, 9.17) is 4.74 Å². The van der Waals surface area contributed by atoms with Gasteiger partial charge in [-0.3, -0.25) is 9.36 Å². The maximum Gasteiger partial charge on any atom is 0.196 e. The smallest absolute Gasteiger partial charge is 0.196 e. The Bertz CT molecular complexity index is 1230. The zero-order chi connectivity index (χ0) is 23.4. The van der Waals surface area contributed by atoms with Gasteiger partial charge in [0.25, 0.3) is 0 Å². The van der Waals surface area contributed by atoms with Crippen LogP contribution in [0.25, 0.3) is 17.1 Å². The molecule has 0 unspecified atom stereocenters. The minimum Gasteiger partial charge on any atom is -0.497 e. The summed E-state index contributed by atoms with van der Waals surface area (Å²) in [5.74, 6) is 1.77. The van der Waals surface area contributed by atoms with Crippen LogP contribution in [0.4, 0.5) is 0 Å². The summed E-state index contributed by atoms with van der Waals surface area (Å²) in [6.45, 7) is 6.59. The molecular formula is C27H27N3O2S. The standard InChI is InChI=1S/C27H27N3O2S/c1-27(2,3)21-14-10-20(11-15-21)25-28-29-26(30(25)22-8-6-5-7-9-22)33-18-24(31)19-12-16-23(32-4)17-13-19/h5-17H,18H2,1-4H3. The second kappa shape index (κ2) is 9.63. The third-order valence-corrected chi connectivity index (χ3v) is 6.33. The fraction of sp³-hybridized carbons (Fsp3) is 0.222. The lowest BCUT2D eigenvalue weighted by Gasteiger charge is -2.19. The van der Waals surface area contributed by atoms with E-state index in [1.165, 1.54) is 17.3 Å². The highest BCUT2D eigenvalue weighted by molar-refractivity contribution is 7.99. The molecule has 4 aromatic rings. The Morgan fingerprint density at radius 3 is 2.18 bits per heavy atom. The maximum absolute atomic E-state index is 12.8. The number of ketones is 1. The van der Waals surface area contributed by atoms with E-state index in [0.29, 0.717) is 10.7 Å². The number of aromatic nitrogens is 3. The van der Waals surface area contributed by atoms with Crippen LogP contribution in [0.5, 0.6) is 5.75 Å². The van der Waals surface area contributed by atoms with Gasteiger partial charge in [-0.15, -0.1) is 10.2 Å². The summed E-state index contributed by atoms with van der Waals surface area (Å²) in [5.41, 5.74) is 3.92. The number of hydrogen-bond acceptors (Lipinski definition) is 5. The Morgan fingerprint density at radius 2 is 1.58 bits per heavy atom. The lowest BCUT2D eigenvalue weighted by atomic mass is 9.87. The molecule has 0 aliphatic carbocycles. The normalized spacial score (nSPS) is 11.4. The predicted molar refractivity (Wildman–Crippen MR) is 134 cm³/mol. The molecule has 168 valence electrons. The molecule has 1 aromatic heterocycles. The zero-order valence-corrected chi connectivity index (χ0v) is 20.1. The molecule has 0 radical (unpaired) electrons. The van der Waals surface area contributed by atoms with Crippen LogP contribution in [0.15, 0.2) is 84.0 Å². The number of carbonyl (C=O) groups excluding carboxylic acids is 1. The monoisotopic (exact) mass is 457 g/mol. The number of para-hydroxylation sites is 1. The third kappa shape index (κ3) is 5.17. The van der Waals surface area contributed by atoms with Gasteiger partial charge in [0.1, 0.15) is 5.75 Å². The van der Waals surface area contributed by atoms with Crippen LogP contribution in [0, 0.1) is 0 Å². The number of benzene rings is 3. The Kier molecular flexibility index (Phi) is 6.65. The van der Waals surface area contributed by atoms with Gasteiger partial charge in [0, 0.05) is 16.8 Å². The van der Waals surface area contributed by atoms with E-state index in [-0.39, 0.29) is 17.0 Å². The topological polar surface area (TPSA) is 57.0 Å². The van der Waals surface area contributed by atoms with Crippen molar-refractivity contribution in [3.05, 3.63) is 90.0 Å². The van der Waals surface area contributed by atoms with Crippen molar-refractivity contribution in [1.82, 2.24) is 14.8 Å². The molecule has 0 N–H and O–H groups in total. The van der Waals surface area contributed by atoms with E-state index in [0.717, 1.165) is 22.8 Å². The predicted octanol–water partition coefficient (Wildman–Crippen LogP) is 6.22. The second-order valence-corrected chi connectivity index (χ2v) is 9.69. The highest BCUT2D eigenvalue weighted by atomic mass is 32.2. The molecule has 0 aliphatic heterocycles. The molecule has 6 heteroatoms. The van der Waals surface area contributed by atoms with Crippen LogP contribution in [-0.2, 0) is 5.41 Å². The third-order valence-electron chi connectivity index (χ3n) is 5.40. The Morgan fingerprint density at radius 1 is 0.909 bits per heavy atom. The summed E-state index contributed by atoms with van der Waals surface area (Å²) in [4.78, 5) is 12.8. The number of hydrogen-bond donors (Lipinski definition) is 0. The van der Waals surface area contributed by atoms with Crippen LogP contribution in [-0.4, -0.2) is 33.4 Å². The molecule has 4 rings (SSSR count). The van der Waals surface area contributed by atoms with Crippen LogP contribution in [0.1, 0.15) is 36.7 Å². The van der Waals surface area contributed by atoms with E-state index in [1.54, 1.807) is 31.4 Å². The van der Waals surface area contributed by atoms with E-state index >= 15 is 0 Å². The lowest BCUT2D eigenvalue weighted by molar-refractivity contribution is 0.102. The molecule has 33 heavy (non-hydrogen) atoms. The molecule has 0 saturated carbocycles. The van der Waals surface area contributed by atoms with Crippen LogP contribution < -0.4 is 4.74 Å². The molecule has 0 spiro atoms. The van der Waals surface area contributed by atoms with Gasteiger partial charge in [0.15, 0.2) is 16.8 Å². The van der Waals surface area contributed by atoms with Gasteiger partial charge in [0.05, 0.1) is 12.9 Å². The zero-order valence-electron chi connectivity index (χ0n) is 19.3. The molecule has 0 saturated heterocycles. The van der Waals surface area contributed by atoms with Crippen molar-refractivity contribution in [2.75, 3.05) is 12.9 Å². The summed E-state index contributed by atoms with van der Waals surface area (Å²) >= 11 is 1.39. The number of ether oxygens (including phenoxy) is 1. The van der Waals surface area contributed by atoms with Gasteiger partial charge >= 0.3 is 0 Å². The van der Waals surface area contributed by atoms with Crippen LogP contribution >= 0.6 is 11.8 Å². The van der Waals surface area contributed by atoms with Gasteiger partial charge in [-0.25, -0.2) is 0 Å². The first-order valence-corrected chi connectivity index (χ1v) is 11.8. The molecule has 3 aromatic carbocycles. The van der Waals surface area contributed by atoms with E-state index in [1.807, 2.05) is 34.9 Å². The van der Waals surface area contributed by atoms with Crippen LogP contribution in [0.2, 0.25) is 0 Å². The fourth-order valence-electron chi connectivity index (χ4n) is 3.47. The minimum atomic E-state index is 0.0290. The van der Waals surface area contributed by atoms with Crippen molar-refractivity contribution in [3.63, 3.8) is 0 Å². The number of carbonyl (C=O) groups is 1. The second-order valence-electron chi connectivity index (χ2n) is 8.74. The highest BCUT2D eigenvalue weighted by Gasteiger charge is 2.19. The summed E-state index contributed by atoms with van der Waals surface area (Å²) in [7, 11) is 1.61. The van der Waals surface area contributed by atoms with Gasteiger partial charge in [-0.2, -0.15) is 0 Å². The largest absolute Gasteiger partial charge is 0.497 e. The molecular weight excluding hydrogens is 430 g/mol. The molecule has 1 heterocycles. The van der Waals surface area contributed by atoms with Gasteiger partial charge in [0.2, 0.25) is 0 Å². The van der Waals surface area contributed by atoms with Crippen molar-refractivity contribution >= 4 is 17.5 Å². The van der Waals surface area contributed by atoms with Crippen molar-refractivity contribution < 1.29 is 9.53 Å². The summed E-state index contributed by atoms with van der Waals surface area (Å²) in [6.07, 6.45) is 0. The number of Topliss-reactive ketones (excluding diaryl/α,β-unsaturated/α-hetero) is 1. The summed E-state index contributed by atoms with van der Waals surface area (Å²) in [6, 6.07) is 25.6.